The van der Waals surface area contributed by atoms with E-state index in [4.69, 9.17) is 5.11 Å². The quantitative estimate of drug-likeness (QED) is 0.825. The number of amides is 2. The van der Waals surface area contributed by atoms with Crippen LogP contribution in [0.3, 0.4) is 0 Å². The molecular formula is C16H14N2O4S2. The zero-order chi connectivity index (χ0) is 17.3. The zero-order valence-electron chi connectivity index (χ0n) is 12.8. The lowest BCUT2D eigenvalue weighted by atomic mass is 10.3. The molecule has 0 unspecified atom stereocenters. The van der Waals surface area contributed by atoms with Crippen molar-refractivity contribution in [1.29, 1.82) is 0 Å². The van der Waals surface area contributed by atoms with Gasteiger partial charge in [-0.2, -0.15) is 0 Å². The van der Waals surface area contributed by atoms with Crippen molar-refractivity contribution >= 4 is 46.3 Å². The van der Waals surface area contributed by atoms with Crippen molar-refractivity contribution in [2.45, 2.75) is 11.8 Å². The van der Waals surface area contributed by atoms with Crippen LogP contribution in [0, 0.1) is 0 Å². The standard InChI is InChI=1S/C16H14N2O4S2/c1-2-17-10-5-3-4-6-11(10)23-13(17)8-7-12-15(21)18(9-14(19)20)16(22)24-12/h3-8H,2,9H2,1H3,(H,19,20)/b12-7+,13-8-. The molecule has 0 aromatic heterocycles. The summed E-state index contributed by atoms with van der Waals surface area (Å²) >= 11 is 2.36. The Bertz CT molecular complexity index is 788. The first-order valence-corrected chi connectivity index (χ1v) is 8.86. The van der Waals surface area contributed by atoms with Crippen LogP contribution >= 0.6 is 23.5 Å². The maximum absolute atomic E-state index is 12.1. The number of carbonyl (C=O) groups excluding carboxylic acids is 2. The van der Waals surface area contributed by atoms with Crippen LogP contribution in [-0.2, 0) is 9.59 Å². The van der Waals surface area contributed by atoms with Crippen molar-refractivity contribution in [3.8, 4) is 0 Å². The molecule has 1 aromatic rings. The first-order valence-electron chi connectivity index (χ1n) is 7.23. The second-order valence-electron chi connectivity index (χ2n) is 5.00. The van der Waals surface area contributed by atoms with Crippen LogP contribution in [0.2, 0.25) is 0 Å². The number of nitrogens with zero attached hydrogens (tertiary/aromatic N) is 2. The molecule has 0 aliphatic carbocycles. The number of benzene rings is 1. The van der Waals surface area contributed by atoms with Crippen molar-refractivity contribution in [3.05, 3.63) is 46.4 Å². The highest BCUT2D eigenvalue weighted by Crippen LogP contribution is 2.45. The highest BCUT2D eigenvalue weighted by molar-refractivity contribution is 8.18. The van der Waals surface area contributed by atoms with Gasteiger partial charge in [-0.1, -0.05) is 23.9 Å². The topological polar surface area (TPSA) is 77.9 Å². The zero-order valence-corrected chi connectivity index (χ0v) is 14.4. The number of fused-ring (bicyclic) bond motifs is 1. The summed E-state index contributed by atoms with van der Waals surface area (Å²) < 4.78 is 0. The summed E-state index contributed by atoms with van der Waals surface area (Å²) in [5.41, 5.74) is 1.11. The number of anilines is 1. The van der Waals surface area contributed by atoms with E-state index in [0.29, 0.717) is 0 Å². The summed E-state index contributed by atoms with van der Waals surface area (Å²) in [5.74, 6) is -1.77. The van der Waals surface area contributed by atoms with E-state index in [-0.39, 0.29) is 4.91 Å². The third kappa shape index (κ3) is 3.07. The number of hydrogen-bond donors (Lipinski definition) is 1. The number of carboxylic acids is 1. The van der Waals surface area contributed by atoms with Crippen LogP contribution in [-0.4, -0.2) is 40.2 Å². The van der Waals surface area contributed by atoms with Crippen molar-refractivity contribution in [2.75, 3.05) is 18.0 Å². The third-order valence-electron chi connectivity index (χ3n) is 3.50. The fourth-order valence-electron chi connectivity index (χ4n) is 2.44. The Morgan fingerprint density at radius 1 is 1.17 bits per heavy atom. The first kappa shape index (κ1) is 16.7. The normalized spacial score (nSPS) is 20.4. The molecule has 1 aromatic carbocycles. The van der Waals surface area contributed by atoms with Gasteiger partial charge in [0.2, 0.25) is 0 Å². The molecule has 24 heavy (non-hydrogen) atoms. The van der Waals surface area contributed by atoms with Crippen molar-refractivity contribution in [2.24, 2.45) is 0 Å². The molecule has 2 amide bonds. The molecule has 0 radical (unpaired) electrons. The predicted octanol–water partition coefficient (Wildman–Crippen LogP) is 3.12. The van der Waals surface area contributed by atoms with Crippen molar-refractivity contribution < 1.29 is 19.5 Å². The SMILES string of the molecule is CCN1/C(=C/C=C2/SC(=O)N(CC(=O)O)C2=O)Sc2ccccc21. The fourth-order valence-corrected chi connectivity index (χ4v) is 4.34. The van der Waals surface area contributed by atoms with Crippen LogP contribution in [0.5, 0.6) is 0 Å². The Morgan fingerprint density at radius 2 is 1.92 bits per heavy atom. The second kappa shape index (κ2) is 6.74. The van der Waals surface area contributed by atoms with Gasteiger partial charge in [0.25, 0.3) is 11.1 Å². The monoisotopic (exact) mass is 362 g/mol. The van der Waals surface area contributed by atoms with E-state index in [0.717, 1.165) is 38.8 Å². The van der Waals surface area contributed by atoms with Crippen LogP contribution in [0.1, 0.15) is 6.92 Å². The molecule has 0 atom stereocenters. The Hall–Kier alpha value is -2.19. The van der Waals surface area contributed by atoms with Crippen LogP contribution in [0.25, 0.3) is 0 Å². The molecule has 2 heterocycles. The second-order valence-corrected chi connectivity index (χ2v) is 7.06. The molecule has 2 aliphatic rings. The lowest BCUT2D eigenvalue weighted by Gasteiger charge is -2.17. The van der Waals surface area contributed by atoms with E-state index in [1.165, 1.54) is 0 Å². The van der Waals surface area contributed by atoms with Gasteiger partial charge < -0.3 is 10.0 Å². The van der Waals surface area contributed by atoms with Crippen molar-refractivity contribution in [1.82, 2.24) is 4.90 Å². The molecule has 1 saturated heterocycles. The van der Waals surface area contributed by atoms with Crippen LogP contribution in [0.4, 0.5) is 10.5 Å². The van der Waals surface area contributed by atoms with Crippen LogP contribution in [0.15, 0.2) is 51.2 Å². The minimum atomic E-state index is -1.21. The van der Waals surface area contributed by atoms with Gasteiger partial charge in [-0.15, -0.1) is 0 Å². The number of carbonyl (C=O) groups is 3. The molecule has 0 bridgehead atoms. The molecule has 124 valence electrons. The highest BCUT2D eigenvalue weighted by Gasteiger charge is 2.36. The summed E-state index contributed by atoms with van der Waals surface area (Å²) in [4.78, 5) is 38.9. The van der Waals surface area contributed by atoms with Gasteiger partial charge >= 0.3 is 5.97 Å². The number of hydrogen-bond acceptors (Lipinski definition) is 6. The molecule has 1 N–H and O–H groups in total. The summed E-state index contributed by atoms with van der Waals surface area (Å²) in [7, 11) is 0. The molecule has 2 aliphatic heterocycles. The number of carboxylic acid groups (broad SMARTS) is 1. The number of thioether (sulfide) groups is 2. The van der Waals surface area contributed by atoms with Gasteiger partial charge in [0, 0.05) is 11.4 Å². The fraction of sp³-hybridized carbons (Fsp3) is 0.188. The Balaban J connectivity index is 1.83. The molecule has 8 heteroatoms. The van der Waals surface area contributed by atoms with E-state index in [1.54, 1.807) is 23.9 Å². The average Bonchev–Trinajstić information content (AvgIpc) is 3.04. The lowest BCUT2D eigenvalue weighted by Crippen LogP contribution is -2.33. The molecule has 0 saturated carbocycles. The van der Waals surface area contributed by atoms with Gasteiger partial charge in [0.1, 0.15) is 6.54 Å². The molecule has 1 fully saturated rings. The highest BCUT2D eigenvalue weighted by atomic mass is 32.2. The third-order valence-corrected chi connectivity index (χ3v) is 5.55. The Kier molecular flexibility index (Phi) is 4.68. The maximum atomic E-state index is 12.1. The summed E-state index contributed by atoms with van der Waals surface area (Å²) in [6.45, 7) is 2.21. The van der Waals surface area contributed by atoms with Crippen LogP contribution < -0.4 is 4.90 Å². The summed E-state index contributed by atoms with van der Waals surface area (Å²) in [6.07, 6.45) is 3.38. The average molecular weight is 362 g/mol. The largest absolute Gasteiger partial charge is 0.480 e. The van der Waals surface area contributed by atoms with Gasteiger partial charge in [-0.25, -0.2) is 0 Å². The van der Waals surface area contributed by atoms with E-state index in [2.05, 4.69) is 4.90 Å². The summed E-state index contributed by atoms with van der Waals surface area (Å²) in [5, 5.41) is 9.18. The van der Waals surface area contributed by atoms with Gasteiger partial charge in [0.15, 0.2) is 0 Å². The minimum absolute atomic E-state index is 0.237. The number of rotatable bonds is 4. The van der Waals surface area contributed by atoms with E-state index in [9.17, 15) is 14.4 Å². The number of para-hydroxylation sites is 1. The van der Waals surface area contributed by atoms with Gasteiger partial charge in [-0.3, -0.25) is 19.3 Å². The maximum Gasteiger partial charge on any atom is 0.323 e. The van der Waals surface area contributed by atoms with Gasteiger partial charge in [-0.05, 0) is 43.0 Å². The molecule has 0 spiro atoms. The molecular weight excluding hydrogens is 348 g/mol. The van der Waals surface area contributed by atoms with Crippen molar-refractivity contribution in [3.63, 3.8) is 0 Å². The summed E-state index contributed by atoms with van der Waals surface area (Å²) in [6, 6.07) is 8.01. The number of aliphatic carboxylic acids is 1. The Labute approximate surface area is 147 Å². The number of allylic oxidation sites excluding steroid dienone is 2. The van der Waals surface area contributed by atoms with E-state index < -0.39 is 23.7 Å². The smallest absolute Gasteiger partial charge is 0.323 e. The van der Waals surface area contributed by atoms with E-state index >= 15 is 0 Å². The van der Waals surface area contributed by atoms with Gasteiger partial charge in [0.05, 0.1) is 15.6 Å². The Morgan fingerprint density at radius 3 is 2.62 bits per heavy atom. The first-order chi connectivity index (χ1) is 11.5. The lowest BCUT2D eigenvalue weighted by molar-refractivity contribution is -0.140. The minimum Gasteiger partial charge on any atom is -0.480 e. The number of imide groups is 1. The van der Waals surface area contributed by atoms with E-state index in [1.807, 2.05) is 31.2 Å². The molecule has 3 rings (SSSR count). The molecule has 6 nitrogen and oxygen atoms in total. The predicted molar refractivity (Wildman–Crippen MR) is 93.8 cm³/mol.